The highest BCUT2D eigenvalue weighted by atomic mass is 32.2. The molecule has 3 heterocycles. The first-order valence-electron chi connectivity index (χ1n) is 11.1. The Bertz CT molecular complexity index is 1330. The Kier molecular flexibility index (Phi) is 5.47. The van der Waals surface area contributed by atoms with E-state index in [1.165, 1.54) is 10.6 Å². The van der Waals surface area contributed by atoms with Gasteiger partial charge in [0.1, 0.15) is 12.1 Å². The molecule has 34 heavy (non-hydrogen) atoms. The van der Waals surface area contributed by atoms with E-state index in [1.807, 2.05) is 53.1 Å². The van der Waals surface area contributed by atoms with Crippen molar-refractivity contribution < 1.29 is 17.9 Å². The number of methoxy groups -OCH3 is 1. The summed E-state index contributed by atoms with van der Waals surface area (Å²) in [7, 11) is -1.75. The van der Waals surface area contributed by atoms with Crippen molar-refractivity contribution in [1.29, 1.82) is 0 Å². The van der Waals surface area contributed by atoms with Crippen LogP contribution in [0.4, 0.5) is 16.3 Å². The summed E-state index contributed by atoms with van der Waals surface area (Å²) >= 11 is 0. The van der Waals surface area contributed by atoms with E-state index in [4.69, 9.17) is 4.74 Å². The number of carbonyl (C=O) groups excluding carboxylic acids is 1. The predicted molar refractivity (Wildman–Crippen MR) is 130 cm³/mol. The summed E-state index contributed by atoms with van der Waals surface area (Å²) in [5.74, 6) is 1.20. The van der Waals surface area contributed by atoms with Crippen molar-refractivity contribution >= 4 is 27.6 Å². The Morgan fingerprint density at radius 2 is 1.88 bits per heavy atom. The van der Waals surface area contributed by atoms with E-state index in [2.05, 4.69) is 10.3 Å². The molecule has 2 amide bonds. The molecule has 3 aromatic rings. The first kappa shape index (κ1) is 22.3. The zero-order valence-corrected chi connectivity index (χ0v) is 20.0. The van der Waals surface area contributed by atoms with Crippen molar-refractivity contribution in [2.45, 2.75) is 18.3 Å². The number of amides is 2. The van der Waals surface area contributed by atoms with Crippen molar-refractivity contribution in [3.05, 3.63) is 66.6 Å². The van der Waals surface area contributed by atoms with Gasteiger partial charge in [-0.2, -0.15) is 0 Å². The second-order valence-corrected chi connectivity index (χ2v) is 10.8. The minimum atomic E-state index is -3.36. The average molecular weight is 482 g/mol. The van der Waals surface area contributed by atoms with Gasteiger partial charge in [0, 0.05) is 31.1 Å². The number of anilines is 2. The van der Waals surface area contributed by atoms with Gasteiger partial charge in [-0.05, 0) is 36.6 Å². The molecule has 1 N–H and O–H groups in total. The Morgan fingerprint density at radius 3 is 2.62 bits per heavy atom. The normalized spacial score (nSPS) is 17.0. The zero-order chi connectivity index (χ0) is 23.9. The van der Waals surface area contributed by atoms with Crippen LogP contribution < -0.4 is 14.4 Å². The molecule has 0 atom stereocenters. The van der Waals surface area contributed by atoms with Gasteiger partial charge in [-0.1, -0.05) is 24.3 Å². The fraction of sp³-hybridized carbons (Fsp3) is 0.333. The number of fused-ring (bicyclic) bond motifs is 2. The third-order valence-electron chi connectivity index (χ3n) is 6.77. The van der Waals surface area contributed by atoms with Crippen molar-refractivity contribution in [2.75, 3.05) is 42.6 Å². The number of hydrogen-bond acceptors (Lipinski definition) is 5. The lowest BCUT2D eigenvalue weighted by atomic mass is 9.74. The van der Waals surface area contributed by atoms with E-state index in [0.29, 0.717) is 38.3 Å². The minimum absolute atomic E-state index is 0.211. The Balaban J connectivity index is 1.26. The molecule has 178 valence electrons. The van der Waals surface area contributed by atoms with Gasteiger partial charge in [0.25, 0.3) is 0 Å². The molecule has 5 rings (SSSR count). The number of aromatic nitrogens is 2. The van der Waals surface area contributed by atoms with Gasteiger partial charge in [-0.15, -0.1) is 0 Å². The molecule has 0 aliphatic carbocycles. The highest BCUT2D eigenvalue weighted by Gasteiger charge is 2.47. The second-order valence-electron chi connectivity index (χ2n) is 8.85. The molecular weight excluding hydrogens is 454 g/mol. The Labute approximate surface area is 199 Å². The van der Waals surface area contributed by atoms with Crippen molar-refractivity contribution in [1.82, 2.24) is 14.5 Å². The van der Waals surface area contributed by atoms with Crippen LogP contribution in [0.25, 0.3) is 5.69 Å². The van der Waals surface area contributed by atoms with Crippen LogP contribution in [-0.4, -0.2) is 61.9 Å². The number of carbonyl (C=O) groups is 1. The lowest BCUT2D eigenvalue weighted by Gasteiger charge is -2.39. The molecule has 10 heteroatoms. The van der Waals surface area contributed by atoms with E-state index in [1.54, 1.807) is 24.5 Å². The SMILES string of the molecule is COc1cccc(-n2cnc(NC(=O)N3CCC4(CC3)CN(S(C)(=O)=O)c3ccccc34)c2)c1. The quantitative estimate of drug-likeness (QED) is 0.617. The van der Waals surface area contributed by atoms with Crippen molar-refractivity contribution in [2.24, 2.45) is 0 Å². The number of sulfonamides is 1. The summed E-state index contributed by atoms with van der Waals surface area (Å²) in [6.07, 6.45) is 6.04. The third kappa shape index (κ3) is 3.98. The number of benzene rings is 2. The smallest absolute Gasteiger partial charge is 0.323 e. The number of ether oxygens (including phenoxy) is 1. The summed E-state index contributed by atoms with van der Waals surface area (Å²) in [4.78, 5) is 19.0. The van der Waals surface area contributed by atoms with Crippen LogP contribution in [0.15, 0.2) is 61.1 Å². The highest BCUT2D eigenvalue weighted by molar-refractivity contribution is 7.92. The molecule has 0 radical (unpaired) electrons. The molecule has 9 nitrogen and oxygen atoms in total. The summed E-state index contributed by atoms with van der Waals surface area (Å²) in [5.41, 5.74) is 2.41. The van der Waals surface area contributed by atoms with Gasteiger partial charge in [0.2, 0.25) is 10.0 Å². The molecule has 1 saturated heterocycles. The summed E-state index contributed by atoms with van der Waals surface area (Å²) in [5, 5.41) is 2.88. The molecule has 2 aliphatic rings. The second kappa shape index (κ2) is 8.35. The number of hydrogen-bond donors (Lipinski definition) is 1. The Morgan fingerprint density at radius 1 is 1.12 bits per heavy atom. The van der Waals surface area contributed by atoms with Crippen LogP contribution in [0.2, 0.25) is 0 Å². The molecule has 1 spiro atoms. The van der Waals surface area contributed by atoms with Gasteiger partial charge < -0.3 is 14.2 Å². The maximum atomic E-state index is 12.9. The van der Waals surface area contributed by atoms with Crippen LogP contribution >= 0.6 is 0 Å². The first-order valence-corrected chi connectivity index (χ1v) is 13.0. The van der Waals surface area contributed by atoms with Crippen LogP contribution in [0, 0.1) is 0 Å². The van der Waals surface area contributed by atoms with Gasteiger partial charge >= 0.3 is 6.03 Å². The molecule has 2 aromatic carbocycles. The number of para-hydroxylation sites is 1. The molecule has 1 fully saturated rings. The maximum Gasteiger partial charge on any atom is 0.323 e. The van der Waals surface area contributed by atoms with Gasteiger partial charge in [-0.25, -0.2) is 18.2 Å². The highest BCUT2D eigenvalue weighted by Crippen LogP contribution is 2.47. The Hall–Kier alpha value is -3.53. The van der Waals surface area contributed by atoms with E-state index >= 15 is 0 Å². The molecular formula is C24H27N5O4S. The van der Waals surface area contributed by atoms with Crippen LogP contribution in [0.1, 0.15) is 18.4 Å². The van der Waals surface area contributed by atoms with Crippen LogP contribution in [-0.2, 0) is 15.4 Å². The zero-order valence-electron chi connectivity index (χ0n) is 19.1. The minimum Gasteiger partial charge on any atom is -0.497 e. The monoisotopic (exact) mass is 481 g/mol. The largest absolute Gasteiger partial charge is 0.497 e. The maximum absolute atomic E-state index is 12.9. The molecule has 1 aromatic heterocycles. The lowest BCUT2D eigenvalue weighted by molar-refractivity contribution is 0.173. The molecule has 0 unspecified atom stereocenters. The van der Waals surface area contributed by atoms with E-state index in [9.17, 15) is 13.2 Å². The summed E-state index contributed by atoms with van der Waals surface area (Å²) < 4.78 is 33.3. The first-order chi connectivity index (χ1) is 16.3. The van der Waals surface area contributed by atoms with Crippen LogP contribution in [0.5, 0.6) is 5.75 Å². The number of piperidine rings is 1. The molecule has 0 saturated carbocycles. The number of nitrogens with zero attached hydrogens (tertiary/aromatic N) is 4. The van der Waals surface area contributed by atoms with Gasteiger partial charge in [0.05, 0.1) is 30.9 Å². The lowest BCUT2D eigenvalue weighted by Crippen LogP contribution is -2.48. The van der Waals surface area contributed by atoms with Crippen molar-refractivity contribution in [3.8, 4) is 11.4 Å². The predicted octanol–water partition coefficient (Wildman–Crippen LogP) is 3.23. The topological polar surface area (TPSA) is 96.8 Å². The summed E-state index contributed by atoms with van der Waals surface area (Å²) in [6.45, 7) is 1.49. The van der Waals surface area contributed by atoms with E-state index in [0.717, 1.165) is 22.7 Å². The fourth-order valence-electron chi connectivity index (χ4n) is 4.93. The van der Waals surface area contributed by atoms with Gasteiger partial charge in [-0.3, -0.25) is 9.62 Å². The van der Waals surface area contributed by atoms with Crippen LogP contribution in [0.3, 0.4) is 0 Å². The molecule has 0 bridgehead atoms. The number of nitrogens with one attached hydrogen (secondary N) is 1. The number of urea groups is 1. The molecule has 2 aliphatic heterocycles. The third-order valence-corrected chi connectivity index (χ3v) is 7.89. The summed E-state index contributed by atoms with van der Waals surface area (Å²) in [6, 6.07) is 15.1. The number of likely N-dealkylation sites (tertiary alicyclic amines) is 1. The number of imidazole rings is 1. The van der Waals surface area contributed by atoms with E-state index in [-0.39, 0.29) is 11.4 Å². The fourth-order valence-corrected chi connectivity index (χ4v) is 5.93. The van der Waals surface area contributed by atoms with Gasteiger partial charge in [0.15, 0.2) is 5.82 Å². The standard InChI is InChI=1S/C24H27N5O4S/c1-33-19-7-5-6-18(14-19)28-15-22(25-17-28)26-23(30)27-12-10-24(11-13-27)16-29(34(2,31)32)21-9-4-3-8-20(21)24/h3-9,14-15,17H,10-13,16H2,1-2H3,(H,26,30). The average Bonchev–Trinajstić information content (AvgIpc) is 3.43. The number of rotatable bonds is 4. The van der Waals surface area contributed by atoms with Crippen molar-refractivity contribution in [3.63, 3.8) is 0 Å². The van der Waals surface area contributed by atoms with E-state index < -0.39 is 10.0 Å².